The topological polar surface area (TPSA) is 38.3 Å². The molecule has 1 unspecified atom stereocenters. The molecule has 0 amide bonds. The zero-order valence-electron chi connectivity index (χ0n) is 11.0. The Morgan fingerprint density at radius 2 is 2.33 bits per heavy atom. The van der Waals surface area contributed by atoms with Crippen LogP contribution in [-0.4, -0.2) is 35.0 Å². The van der Waals surface area contributed by atoms with Crippen LogP contribution >= 0.6 is 15.9 Å². The molecule has 1 aliphatic rings. The smallest absolute Gasteiger partial charge is 0.221 e. The minimum absolute atomic E-state index is 0.642. The number of hydrogen-bond donors (Lipinski definition) is 0. The monoisotopic (exact) mass is 313 g/mol. The Hall–Kier alpha value is -0.840. The van der Waals surface area contributed by atoms with Gasteiger partial charge in [-0.1, -0.05) is 15.9 Å². The first-order valence-corrected chi connectivity index (χ1v) is 7.63. The highest BCUT2D eigenvalue weighted by atomic mass is 79.9. The maximum Gasteiger partial charge on any atom is 0.221 e. The lowest BCUT2D eigenvalue weighted by atomic mass is 10.1. The molecular formula is C13H20BrN3O. The Bertz CT molecular complexity index is 400. The molecule has 1 fully saturated rings. The highest BCUT2D eigenvalue weighted by molar-refractivity contribution is 9.09. The molecule has 2 rings (SSSR count). The number of hydrogen-bond acceptors (Lipinski definition) is 4. The van der Waals surface area contributed by atoms with Gasteiger partial charge in [0.05, 0.1) is 12.2 Å². The van der Waals surface area contributed by atoms with Crippen molar-refractivity contribution in [1.29, 1.82) is 0 Å². The molecule has 0 spiro atoms. The van der Waals surface area contributed by atoms with Gasteiger partial charge >= 0.3 is 0 Å². The number of alkyl halides is 1. The molecule has 1 aromatic rings. The molecule has 0 radical (unpaired) electrons. The van der Waals surface area contributed by atoms with E-state index in [1.165, 1.54) is 12.8 Å². The molecule has 5 heteroatoms. The summed E-state index contributed by atoms with van der Waals surface area (Å²) in [7, 11) is 0. The van der Waals surface area contributed by atoms with Gasteiger partial charge in [-0.05, 0) is 32.6 Å². The van der Waals surface area contributed by atoms with Crippen molar-refractivity contribution in [3.8, 4) is 5.88 Å². The van der Waals surface area contributed by atoms with Gasteiger partial charge in [0.2, 0.25) is 5.88 Å². The van der Waals surface area contributed by atoms with Crippen LogP contribution in [0.4, 0.5) is 5.82 Å². The first kappa shape index (κ1) is 13.6. The molecule has 1 aromatic heterocycles. The standard InChI is InChI=1S/C13H20BrN3O/c1-3-18-13-10(2)12(15-9-16-13)17-7-5-11(8-17)4-6-14/h9,11H,3-8H2,1-2H3. The second-order valence-corrected chi connectivity index (χ2v) is 5.43. The van der Waals surface area contributed by atoms with Gasteiger partial charge in [-0.3, -0.25) is 0 Å². The highest BCUT2D eigenvalue weighted by Crippen LogP contribution is 2.29. The van der Waals surface area contributed by atoms with E-state index in [0.717, 1.165) is 35.7 Å². The number of rotatable bonds is 5. The summed E-state index contributed by atoms with van der Waals surface area (Å²) in [6, 6.07) is 0. The average molecular weight is 314 g/mol. The maximum absolute atomic E-state index is 5.53. The zero-order valence-corrected chi connectivity index (χ0v) is 12.6. The van der Waals surface area contributed by atoms with E-state index in [1.807, 2.05) is 13.8 Å². The molecule has 0 N–H and O–H groups in total. The third kappa shape index (κ3) is 2.94. The Morgan fingerprint density at radius 1 is 1.50 bits per heavy atom. The fourth-order valence-corrected chi connectivity index (χ4v) is 3.09. The third-order valence-electron chi connectivity index (χ3n) is 3.40. The average Bonchev–Trinajstić information content (AvgIpc) is 2.81. The number of halogens is 1. The van der Waals surface area contributed by atoms with Gasteiger partial charge in [0, 0.05) is 18.4 Å². The van der Waals surface area contributed by atoms with E-state index < -0.39 is 0 Å². The largest absolute Gasteiger partial charge is 0.478 e. The van der Waals surface area contributed by atoms with E-state index in [0.29, 0.717) is 12.5 Å². The summed E-state index contributed by atoms with van der Waals surface area (Å²) in [5, 5.41) is 1.08. The van der Waals surface area contributed by atoms with Gasteiger partial charge in [-0.15, -0.1) is 0 Å². The molecule has 0 bridgehead atoms. The van der Waals surface area contributed by atoms with Crippen LogP contribution in [0.25, 0.3) is 0 Å². The van der Waals surface area contributed by atoms with Gasteiger partial charge in [0.25, 0.3) is 0 Å². The van der Waals surface area contributed by atoms with Crippen LogP contribution in [0.3, 0.4) is 0 Å². The second-order valence-electron chi connectivity index (χ2n) is 4.64. The Labute approximate surface area is 117 Å². The van der Waals surface area contributed by atoms with Crippen LogP contribution in [0.15, 0.2) is 6.33 Å². The SMILES string of the molecule is CCOc1ncnc(N2CCC(CCBr)C2)c1C. The van der Waals surface area contributed by atoms with Crippen molar-refractivity contribution in [2.45, 2.75) is 26.7 Å². The Kier molecular flexibility index (Phi) is 4.80. The minimum Gasteiger partial charge on any atom is -0.478 e. The summed E-state index contributed by atoms with van der Waals surface area (Å²) in [6.45, 7) is 6.83. The summed E-state index contributed by atoms with van der Waals surface area (Å²) in [4.78, 5) is 11.0. The van der Waals surface area contributed by atoms with Crippen molar-refractivity contribution in [3.05, 3.63) is 11.9 Å². The Balaban J connectivity index is 2.12. The lowest BCUT2D eigenvalue weighted by Gasteiger charge is -2.20. The first-order valence-electron chi connectivity index (χ1n) is 6.51. The molecule has 1 aliphatic heterocycles. The van der Waals surface area contributed by atoms with Gasteiger partial charge in [-0.25, -0.2) is 9.97 Å². The van der Waals surface area contributed by atoms with Gasteiger partial charge in [0.1, 0.15) is 12.1 Å². The highest BCUT2D eigenvalue weighted by Gasteiger charge is 2.25. The molecule has 4 nitrogen and oxygen atoms in total. The predicted molar refractivity (Wildman–Crippen MR) is 76.7 cm³/mol. The van der Waals surface area contributed by atoms with Gasteiger partial charge in [0.15, 0.2) is 0 Å². The van der Waals surface area contributed by atoms with Crippen molar-refractivity contribution < 1.29 is 4.74 Å². The lowest BCUT2D eigenvalue weighted by Crippen LogP contribution is -2.22. The van der Waals surface area contributed by atoms with Crippen LogP contribution in [-0.2, 0) is 0 Å². The van der Waals surface area contributed by atoms with Gasteiger partial charge in [-0.2, -0.15) is 0 Å². The summed E-state index contributed by atoms with van der Waals surface area (Å²) in [5.74, 6) is 2.52. The van der Waals surface area contributed by atoms with Crippen LogP contribution < -0.4 is 9.64 Å². The molecule has 100 valence electrons. The molecule has 2 heterocycles. The first-order chi connectivity index (χ1) is 8.76. The number of anilines is 1. The fraction of sp³-hybridized carbons (Fsp3) is 0.692. The quantitative estimate of drug-likeness (QED) is 0.783. The van der Waals surface area contributed by atoms with Crippen LogP contribution in [0, 0.1) is 12.8 Å². The summed E-state index contributed by atoms with van der Waals surface area (Å²) in [5.41, 5.74) is 1.05. The summed E-state index contributed by atoms with van der Waals surface area (Å²) in [6.07, 6.45) is 4.09. The van der Waals surface area contributed by atoms with Crippen molar-refractivity contribution >= 4 is 21.7 Å². The van der Waals surface area contributed by atoms with Crippen LogP contribution in [0.1, 0.15) is 25.3 Å². The predicted octanol–water partition coefficient (Wildman–Crippen LogP) is 2.80. The number of nitrogens with zero attached hydrogens (tertiary/aromatic N) is 3. The maximum atomic E-state index is 5.53. The third-order valence-corrected chi connectivity index (χ3v) is 3.85. The molecule has 18 heavy (non-hydrogen) atoms. The van der Waals surface area contributed by atoms with Crippen molar-refractivity contribution in [2.75, 3.05) is 29.9 Å². The van der Waals surface area contributed by atoms with Gasteiger partial charge < -0.3 is 9.64 Å². The molecule has 0 aliphatic carbocycles. The van der Waals surface area contributed by atoms with E-state index in [4.69, 9.17) is 4.74 Å². The molecule has 1 saturated heterocycles. The zero-order chi connectivity index (χ0) is 13.0. The summed E-state index contributed by atoms with van der Waals surface area (Å²) < 4.78 is 5.53. The van der Waals surface area contributed by atoms with Crippen molar-refractivity contribution in [3.63, 3.8) is 0 Å². The number of ether oxygens (including phenoxy) is 1. The van der Waals surface area contributed by atoms with Crippen LogP contribution in [0.5, 0.6) is 5.88 Å². The van der Waals surface area contributed by atoms with Crippen LogP contribution in [0.2, 0.25) is 0 Å². The summed E-state index contributed by atoms with van der Waals surface area (Å²) >= 11 is 3.52. The fourth-order valence-electron chi connectivity index (χ4n) is 2.44. The molecule has 1 atom stereocenters. The van der Waals surface area contributed by atoms with E-state index >= 15 is 0 Å². The second kappa shape index (κ2) is 6.36. The van der Waals surface area contributed by atoms with E-state index in [-0.39, 0.29) is 0 Å². The number of aromatic nitrogens is 2. The van der Waals surface area contributed by atoms with Crippen molar-refractivity contribution in [2.24, 2.45) is 5.92 Å². The van der Waals surface area contributed by atoms with Crippen molar-refractivity contribution in [1.82, 2.24) is 9.97 Å². The Morgan fingerprint density at radius 3 is 3.06 bits per heavy atom. The molecule has 0 aromatic carbocycles. The molecule has 0 saturated carbocycles. The van der Waals surface area contributed by atoms with E-state index in [2.05, 4.69) is 30.8 Å². The molecular weight excluding hydrogens is 294 g/mol. The minimum atomic E-state index is 0.642. The van der Waals surface area contributed by atoms with E-state index in [9.17, 15) is 0 Å². The lowest BCUT2D eigenvalue weighted by molar-refractivity contribution is 0.323. The van der Waals surface area contributed by atoms with E-state index in [1.54, 1.807) is 6.33 Å². The normalized spacial score (nSPS) is 19.3.